The second kappa shape index (κ2) is 4.35. The number of benzene rings is 2. The van der Waals surface area contributed by atoms with Gasteiger partial charge in [-0.15, -0.1) is 0 Å². The van der Waals surface area contributed by atoms with Crippen molar-refractivity contribution in [2.75, 3.05) is 7.11 Å². The fraction of sp³-hybridized carbons (Fsp3) is 0.200. The van der Waals surface area contributed by atoms with Crippen molar-refractivity contribution < 1.29 is 9.84 Å². The van der Waals surface area contributed by atoms with Crippen molar-refractivity contribution in [3.8, 4) is 11.5 Å². The van der Waals surface area contributed by atoms with Crippen LogP contribution in [0, 0.1) is 0 Å². The number of ether oxygens (including phenoxy) is 1. The molecule has 0 saturated carbocycles. The number of nitrogens with one attached hydrogen (secondary N) is 1. The third-order valence-electron chi connectivity index (χ3n) is 3.37. The minimum atomic E-state index is 0.0863. The van der Waals surface area contributed by atoms with Gasteiger partial charge in [0.05, 0.1) is 13.2 Å². The summed E-state index contributed by atoms with van der Waals surface area (Å²) in [4.78, 5) is 0. The molecule has 2 aromatic carbocycles. The number of fused-ring (bicyclic) bond motifs is 1. The Hall–Kier alpha value is -2.00. The Morgan fingerprint density at radius 2 is 2.06 bits per heavy atom. The van der Waals surface area contributed by atoms with Crippen molar-refractivity contribution in [2.24, 2.45) is 0 Å². The van der Waals surface area contributed by atoms with Gasteiger partial charge in [-0.05, 0) is 29.3 Å². The van der Waals surface area contributed by atoms with E-state index in [0.717, 1.165) is 17.9 Å². The zero-order valence-electron chi connectivity index (χ0n) is 10.2. The molecule has 0 amide bonds. The highest BCUT2D eigenvalue weighted by molar-refractivity contribution is 5.50. The number of hydrogen-bond acceptors (Lipinski definition) is 3. The van der Waals surface area contributed by atoms with Gasteiger partial charge < -0.3 is 15.2 Å². The topological polar surface area (TPSA) is 41.5 Å². The summed E-state index contributed by atoms with van der Waals surface area (Å²) in [6.07, 6.45) is 0. The average molecular weight is 241 g/mol. The van der Waals surface area contributed by atoms with E-state index in [2.05, 4.69) is 11.4 Å². The van der Waals surface area contributed by atoms with Gasteiger partial charge >= 0.3 is 0 Å². The molecule has 1 atom stereocenters. The number of hydrogen-bond donors (Lipinski definition) is 2. The highest BCUT2D eigenvalue weighted by atomic mass is 16.5. The van der Waals surface area contributed by atoms with Crippen molar-refractivity contribution in [3.05, 3.63) is 59.2 Å². The molecule has 1 heterocycles. The van der Waals surface area contributed by atoms with Gasteiger partial charge in [0.1, 0.15) is 11.5 Å². The van der Waals surface area contributed by atoms with E-state index in [1.807, 2.05) is 24.3 Å². The largest absolute Gasteiger partial charge is 0.508 e. The van der Waals surface area contributed by atoms with E-state index < -0.39 is 0 Å². The summed E-state index contributed by atoms with van der Waals surface area (Å²) in [5, 5.41) is 13.0. The molecule has 1 unspecified atom stereocenters. The molecule has 2 aromatic rings. The van der Waals surface area contributed by atoms with Crippen molar-refractivity contribution >= 4 is 0 Å². The zero-order chi connectivity index (χ0) is 12.5. The number of phenolic OH excluding ortho intramolecular Hbond substituents is 1. The second-order valence-corrected chi connectivity index (χ2v) is 4.44. The lowest BCUT2D eigenvalue weighted by Crippen LogP contribution is -2.13. The third kappa shape index (κ3) is 1.73. The molecule has 2 N–H and O–H groups in total. The van der Waals surface area contributed by atoms with Gasteiger partial charge in [-0.3, -0.25) is 0 Å². The second-order valence-electron chi connectivity index (χ2n) is 4.44. The van der Waals surface area contributed by atoms with E-state index in [4.69, 9.17) is 4.74 Å². The molecule has 0 bridgehead atoms. The fourth-order valence-electron chi connectivity index (χ4n) is 2.55. The van der Waals surface area contributed by atoms with Crippen molar-refractivity contribution in [2.45, 2.75) is 12.6 Å². The van der Waals surface area contributed by atoms with Gasteiger partial charge in [0, 0.05) is 12.1 Å². The third-order valence-corrected chi connectivity index (χ3v) is 3.37. The monoisotopic (exact) mass is 241 g/mol. The van der Waals surface area contributed by atoms with Crippen LogP contribution in [0.25, 0.3) is 0 Å². The van der Waals surface area contributed by atoms with Gasteiger partial charge in [0.15, 0.2) is 0 Å². The summed E-state index contributed by atoms with van der Waals surface area (Å²) < 4.78 is 5.44. The van der Waals surface area contributed by atoms with Gasteiger partial charge in [-0.25, -0.2) is 0 Å². The molecule has 0 saturated heterocycles. The standard InChI is InChI=1S/C15H15NO2/c1-18-13-7-3-5-11-9-16-15(14(11)13)10-4-2-6-12(17)8-10/h2-8,15-17H,9H2,1H3. The number of methoxy groups -OCH3 is 1. The van der Waals surface area contributed by atoms with Gasteiger partial charge in [-0.1, -0.05) is 24.3 Å². The molecule has 0 fully saturated rings. The van der Waals surface area contributed by atoms with Crippen LogP contribution in [-0.2, 0) is 6.54 Å². The lowest BCUT2D eigenvalue weighted by molar-refractivity contribution is 0.407. The molecule has 1 aliphatic heterocycles. The first-order valence-electron chi connectivity index (χ1n) is 5.97. The minimum absolute atomic E-state index is 0.0863. The van der Waals surface area contributed by atoms with Gasteiger partial charge in [0.25, 0.3) is 0 Å². The van der Waals surface area contributed by atoms with E-state index in [1.165, 1.54) is 11.1 Å². The van der Waals surface area contributed by atoms with Crippen molar-refractivity contribution in [1.82, 2.24) is 5.32 Å². The van der Waals surface area contributed by atoms with Crippen molar-refractivity contribution in [1.29, 1.82) is 0 Å². The summed E-state index contributed by atoms with van der Waals surface area (Å²) in [5.41, 5.74) is 3.48. The molecule has 92 valence electrons. The van der Waals surface area contributed by atoms with Crippen LogP contribution in [0.5, 0.6) is 11.5 Å². The number of aromatic hydroxyl groups is 1. The van der Waals surface area contributed by atoms with E-state index >= 15 is 0 Å². The Morgan fingerprint density at radius 3 is 2.83 bits per heavy atom. The summed E-state index contributed by atoms with van der Waals surface area (Å²) in [5.74, 6) is 1.18. The van der Waals surface area contributed by atoms with Crippen LogP contribution >= 0.6 is 0 Å². The summed E-state index contributed by atoms with van der Waals surface area (Å²) in [6.45, 7) is 0.826. The summed E-state index contributed by atoms with van der Waals surface area (Å²) in [6, 6.07) is 13.5. The Balaban J connectivity index is 2.09. The molecular formula is C15H15NO2. The SMILES string of the molecule is COc1cccc2c1C(c1cccc(O)c1)NC2. The van der Waals surface area contributed by atoms with E-state index in [-0.39, 0.29) is 11.8 Å². The zero-order valence-corrected chi connectivity index (χ0v) is 10.2. The molecule has 0 aliphatic carbocycles. The van der Waals surface area contributed by atoms with Crippen LogP contribution in [0.1, 0.15) is 22.7 Å². The predicted molar refractivity (Wildman–Crippen MR) is 69.8 cm³/mol. The van der Waals surface area contributed by atoms with Crippen LogP contribution in [0.2, 0.25) is 0 Å². The highest BCUT2D eigenvalue weighted by Crippen LogP contribution is 2.37. The first kappa shape index (κ1) is 11.1. The van der Waals surface area contributed by atoms with Crippen molar-refractivity contribution in [3.63, 3.8) is 0 Å². The molecule has 3 rings (SSSR count). The average Bonchev–Trinajstić information content (AvgIpc) is 2.82. The maximum Gasteiger partial charge on any atom is 0.124 e. The Labute approximate surface area is 106 Å². The van der Waals surface area contributed by atoms with Crippen LogP contribution in [0.4, 0.5) is 0 Å². The van der Waals surface area contributed by atoms with Crippen LogP contribution in [0.3, 0.4) is 0 Å². The normalized spacial score (nSPS) is 17.5. The highest BCUT2D eigenvalue weighted by Gasteiger charge is 2.26. The van der Waals surface area contributed by atoms with E-state index in [0.29, 0.717) is 0 Å². The van der Waals surface area contributed by atoms with Crippen LogP contribution < -0.4 is 10.1 Å². The maximum atomic E-state index is 9.59. The lowest BCUT2D eigenvalue weighted by atomic mass is 9.97. The van der Waals surface area contributed by atoms with Gasteiger partial charge in [-0.2, -0.15) is 0 Å². The van der Waals surface area contributed by atoms with E-state index in [1.54, 1.807) is 19.2 Å². The maximum absolute atomic E-state index is 9.59. The molecule has 1 aliphatic rings. The molecule has 0 aromatic heterocycles. The Morgan fingerprint density at radius 1 is 1.22 bits per heavy atom. The fourth-order valence-corrected chi connectivity index (χ4v) is 2.55. The molecule has 0 spiro atoms. The summed E-state index contributed by atoms with van der Waals surface area (Å²) >= 11 is 0. The number of rotatable bonds is 2. The van der Waals surface area contributed by atoms with Gasteiger partial charge in [0.2, 0.25) is 0 Å². The van der Waals surface area contributed by atoms with Crippen LogP contribution in [0.15, 0.2) is 42.5 Å². The molecule has 3 heteroatoms. The van der Waals surface area contributed by atoms with Crippen LogP contribution in [-0.4, -0.2) is 12.2 Å². The first-order valence-corrected chi connectivity index (χ1v) is 5.97. The quantitative estimate of drug-likeness (QED) is 0.849. The smallest absolute Gasteiger partial charge is 0.124 e. The van der Waals surface area contributed by atoms with E-state index in [9.17, 15) is 5.11 Å². The number of phenols is 1. The Bertz CT molecular complexity index is 580. The lowest BCUT2D eigenvalue weighted by Gasteiger charge is -2.15. The Kier molecular flexibility index (Phi) is 2.68. The minimum Gasteiger partial charge on any atom is -0.508 e. The first-order chi connectivity index (χ1) is 8.79. The predicted octanol–water partition coefficient (Wildman–Crippen LogP) is 2.59. The molecule has 0 radical (unpaired) electrons. The molecular weight excluding hydrogens is 226 g/mol. The summed E-state index contributed by atoms with van der Waals surface area (Å²) in [7, 11) is 1.69. The molecule has 3 nitrogen and oxygen atoms in total. The molecule has 18 heavy (non-hydrogen) atoms.